The van der Waals surface area contributed by atoms with Crippen LogP contribution in [-0.4, -0.2) is 16.4 Å². The zero-order chi connectivity index (χ0) is 8.72. The number of aliphatic imine (C=N–C) groups is 2. The van der Waals surface area contributed by atoms with Crippen LogP contribution in [0.4, 0.5) is 0 Å². The number of nitrogens with zero attached hydrogens (tertiary/aromatic N) is 2. The van der Waals surface area contributed by atoms with Gasteiger partial charge >= 0.3 is 0 Å². The van der Waals surface area contributed by atoms with Crippen molar-refractivity contribution in [1.29, 1.82) is 0 Å². The maximum atomic E-state index is 5.15. The Morgan fingerprint density at radius 2 is 2.25 bits per heavy atom. The molecule has 1 unspecified atom stereocenters. The lowest BCUT2D eigenvalue weighted by Crippen LogP contribution is -2.19. The van der Waals surface area contributed by atoms with Crippen molar-refractivity contribution in [2.24, 2.45) is 15.9 Å². The van der Waals surface area contributed by atoms with Crippen LogP contribution in [-0.2, 0) is 0 Å². The van der Waals surface area contributed by atoms with Gasteiger partial charge in [0, 0.05) is 0 Å². The summed E-state index contributed by atoms with van der Waals surface area (Å²) in [5.74, 6) is 0.204. The maximum absolute atomic E-state index is 5.15. The highest BCUT2D eigenvalue weighted by Crippen LogP contribution is 2.39. The molecular formula is C8H8N2S2. The fraction of sp³-hybridized carbons (Fsp3) is 0.375. The highest BCUT2D eigenvalue weighted by molar-refractivity contribution is 8.17. The van der Waals surface area contributed by atoms with Gasteiger partial charge in [0.1, 0.15) is 11.3 Å². The first-order chi connectivity index (χ1) is 5.70. The van der Waals surface area contributed by atoms with E-state index in [9.17, 15) is 0 Å². The molecule has 0 amide bonds. The number of hydrogen-bond acceptors (Lipinski definition) is 3. The molecule has 2 heterocycles. The highest BCUT2D eigenvalue weighted by atomic mass is 32.2. The van der Waals surface area contributed by atoms with Gasteiger partial charge in [-0.1, -0.05) is 24.0 Å². The second-order valence-corrected chi connectivity index (χ2v) is 4.48. The molecule has 0 fully saturated rings. The van der Waals surface area contributed by atoms with Gasteiger partial charge in [-0.3, -0.25) is 0 Å². The minimum Gasteiger partial charge on any atom is -0.233 e. The zero-order valence-corrected chi connectivity index (χ0v) is 8.50. The Kier molecular flexibility index (Phi) is 1.88. The van der Waals surface area contributed by atoms with Crippen molar-refractivity contribution < 1.29 is 0 Å². The molecule has 0 bridgehead atoms. The van der Waals surface area contributed by atoms with E-state index in [1.54, 1.807) is 18.1 Å². The molecule has 0 aromatic rings. The molecule has 0 aromatic heterocycles. The van der Waals surface area contributed by atoms with Gasteiger partial charge in [-0.05, 0) is 24.3 Å². The van der Waals surface area contributed by atoms with Gasteiger partial charge in [-0.15, -0.1) is 0 Å². The lowest BCUT2D eigenvalue weighted by molar-refractivity contribution is 1.09. The fourth-order valence-corrected chi connectivity index (χ4v) is 2.80. The van der Waals surface area contributed by atoms with Crippen LogP contribution in [0.3, 0.4) is 0 Å². The van der Waals surface area contributed by atoms with Gasteiger partial charge in [0.25, 0.3) is 0 Å². The fourth-order valence-electron chi connectivity index (χ4n) is 1.29. The van der Waals surface area contributed by atoms with Crippen LogP contribution in [0.25, 0.3) is 0 Å². The summed E-state index contributed by atoms with van der Waals surface area (Å²) >= 11 is 6.86. The molecule has 0 saturated carbocycles. The molecule has 2 rings (SSSR count). The lowest BCUT2D eigenvalue weighted by atomic mass is 10.0. The number of rotatable bonds is 0. The Balaban J connectivity index is 2.45. The molecule has 12 heavy (non-hydrogen) atoms. The van der Waals surface area contributed by atoms with Gasteiger partial charge in [-0.25, -0.2) is 9.98 Å². The van der Waals surface area contributed by atoms with Crippen molar-refractivity contribution in [2.75, 3.05) is 0 Å². The van der Waals surface area contributed by atoms with Crippen LogP contribution in [0, 0.1) is 5.92 Å². The van der Waals surface area contributed by atoms with Gasteiger partial charge in [0.2, 0.25) is 0 Å². The van der Waals surface area contributed by atoms with Crippen LogP contribution >= 0.6 is 24.0 Å². The average Bonchev–Trinajstić information content (AvgIpc) is 2.29. The van der Waals surface area contributed by atoms with E-state index in [2.05, 4.69) is 23.8 Å². The third kappa shape index (κ3) is 1.06. The molecule has 0 saturated heterocycles. The Bertz CT molecular complexity index is 339. The summed E-state index contributed by atoms with van der Waals surface area (Å²) < 4.78 is 0. The monoisotopic (exact) mass is 196 g/mol. The number of hydrogen-bond donors (Lipinski definition) is 0. The summed E-state index contributed by atoms with van der Waals surface area (Å²) in [6, 6.07) is 0. The average molecular weight is 196 g/mol. The zero-order valence-electron chi connectivity index (χ0n) is 6.87. The van der Waals surface area contributed by atoms with Gasteiger partial charge < -0.3 is 0 Å². The molecule has 0 N–H and O–H groups in total. The van der Waals surface area contributed by atoms with E-state index in [0.717, 1.165) is 10.0 Å². The Hall–Kier alpha value is -0.480. The number of thiocarbonyl (C=S) groups is 1. The topological polar surface area (TPSA) is 24.7 Å². The normalized spacial score (nSPS) is 27.7. The van der Waals surface area contributed by atoms with E-state index < -0.39 is 0 Å². The predicted molar refractivity (Wildman–Crippen MR) is 58.0 cm³/mol. The third-order valence-corrected chi connectivity index (χ3v) is 3.63. The minimum absolute atomic E-state index is 0.204. The molecular weight excluding hydrogens is 188 g/mol. The molecule has 2 nitrogen and oxygen atoms in total. The van der Waals surface area contributed by atoms with Crippen LogP contribution in [0.15, 0.2) is 20.5 Å². The van der Waals surface area contributed by atoms with E-state index in [1.807, 2.05) is 0 Å². The standard InChI is InChI=1S/C8H8N2S2/c1-4-5(2)12-8-6(4)7(11)9-3-10-8/h3,6H,1-2H3. The second-order valence-electron chi connectivity index (χ2n) is 2.82. The summed E-state index contributed by atoms with van der Waals surface area (Å²) in [7, 11) is 0. The lowest BCUT2D eigenvalue weighted by Gasteiger charge is -2.12. The summed E-state index contributed by atoms with van der Waals surface area (Å²) in [6.07, 6.45) is 1.55. The molecule has 62 valence electrons. The number of thioether (sulfide) groups is 1. The van der Waals surface area contributed by atoms with Crippen molar-refractivity contribution >= 4 is 40.4 Å². The summed E-state index contributed by atoms with van der Waals surface area (Å²) in [4.78, 5) is 10.3. The molecule has 2 aliphatic heterocycles. The summed E-state index contributed by atoms with van der Waals surface area (Å²) in [6.45, 7) is 4.20. The summed E-state index contributed by atoms with van der Waals surface area (Å²) in [5, 5.41) is 1.09. The first-order valence-electron chi connectivity index (χ1n) is 3.69. The quantitative estimate of drug-likeness (QED) is 0.556. The largest absolute Gasteiger partial charge is 0.233 e. The molecule has 2 aliphatic rings. The van der Waals surface area contributed by atoms with Crippen LogP contribution < -0.4 is 0 Å². The SMILES string of the molecule is CC1=C(C)C2C(=S)N=CN=C2S1. The van der Waals surface area contributed by atoms with Crippen LogP contribution in [0.2, 0.25) is 0 Å². The van der Waals surface area contributed by atoms with Crippen LogP contribution in [0.5, 0.6) is 0 Å². The molecule has 0 aromatic carbocycles. The van der Waals surface area contributed by atoms with Crippen molar-refractivity contribution in [2.45, 2.75) is 13.8 Å². The van der Waals surface area contributed by atoms with Crippen molar-refractivity contribution in [1.82, 2.24) is 0 Å². The Morgan fingerprint density at radius 3 is 2.92 bits per heavy atom. The first kappa shape index (κ1) is 8.13. The molecule has 0 radical (unpaired) electrons. The van der Waals surface area contributed by atoms with Crippen molar-refractivity contribution in [3.8, 4) is 0 Å². The van der Waals surface area contributed by atoms with E-state index in [4.69, 9.17) is 12.2 Å². The van der Waals surface area contributed by atoms with Gasteiger partial charge in [0.05, 0.1) is 11.0 Å². The molecule has 4 heteroatoms. The van der Waals surface area contributed by atoms with Crippen LogP contribution in [0.1, 0.15) is 13.8 Å². The van der Waals surface area contributed by atoms with Gasteiger partial charge in [-0.2, -0.15) is 0 Å². The smallest absolute Gasteiger partial charge is 0.118 e. The highest BCUT2D eigenvalue weighted by Gasteiger charge is 2.32. The van der Waals surface area contributed by atoms with Gasteiger partial charge in [0.15, 0.2) is 0 Å². The van der Waals surface area contributed by atoms with E-state index >= 15 is 0 Å². The Labute approximate surface area is 80.9 Å². The predicted octanol–water partition coefficient (Wildman–Crippen LogP) is 2.41. The maximum Gasteiger partial charge on any atom is 0.118 e. The molecule has 1 atom stereocenters. The summed E-state index contributed by atoms with van der Waals surface area (Å²) in [5.41, 5.74) is 1.31. The first-order valence-corrected chi connectivity index (χ1v) is 4.92. The van der Waals surface area contributed by atoms with Crippen molar-refractivity contribution in [3.05, 3.63) is 10.5 Å². The van der Waals surface area contributed by atoms with E-state index in [-0.39, 0.29) is 5.92 Å². The number of fused-ring (bicyclic) bond motifs is 1. The van der Waals surface area contributed by atoms with E-state index in [0.29, 0.717) is 0 Å². The minimum atomic E-state index is 0.204. The third-order valence-electron chi connectivity index (χ3n) is 2.11. The Morgan fingerprint density at radius 1 is 1.50 bits per heavy atom. The van der Waals surface area contributed by atoms with Crippen molar-refractivity contribution in [3.63, 3.8) is 0 Å². The van der Waals surface area contributed by atoms with E-state index in [1.165, 1.54) is 10.5 Å². The second kappa shape index (κ2) is 2.78. The molecule has 0 aliphatic carbocycles. The number of allylic oxidation sites excluding steroid dienone is 1. The molecule has 0 spiro atoms.